The van der Waals surface area contributed by atoms with Gasteiger partial charge in [0.05, 0.1) is 14.1 Å². The Bertz CT molecular complexity index is 376. The molecule has 4 heteroatoms. The number of hydrogen-bond acceptors (Lipinski definition) is 3. The highest BCUT2D eigenvalue weighted by Crippen LogP contribution is 2.06. The quantitative estimate of drug-likeness (QED) is 0.412. The highest BCUT2D eigenvalue weighted by Gasteiger charge is 2.17. The number of likely N-dealkylation sites (N-methyl/N-ethyl adjacent to an activating group) is 1. The van der Waals surface area contributed by atoms with Gasteiger partial charge in [-0.25, -0.2) is 0 Å². The Morgan fingerprint density at radius 3 is 2.53 bits per heavy atom. The van der Waals surface area contributed by atoms with Crippen molar-refractivity contribution >= 4 is 5.97 Å². The molecule has 0 spiro atoms. The van der Waals surface area contributed by atoms with Crippen LogP contribution >= 0.6 is 0 Å². The first-order chi connectivity index (χ1) is 9.03. The molecule has 0 bridgehead atoms. The molecule has 1 aromatic carbocycles. The van der Waals surface area contributed by atoms with Crippen LogP contribution in [0, 0.1) is 0 Å². The second-order valence-electron chi connectivity index (χ2n) is 5.03. The van der Waals surface area contributed by atoms with E-state index in [9.17, 15) is 4.79 Å². The zero-order valence-electron chi connectivity index (χ0n) is 12.1. The van der Waals surface area contributed by atoms with Gasteiger partial charge in [0.15, 0.2) is 0 Å². The molecule has 0 unspecified atom stereocenters. The molecular weight excluding hydrogens is 242 g/mol. The Morgan fingerprint density at radius 2 is 1.89 bits per heavy atom. The number of hydrogen-bond donors (Lipinski definition) is 0. The SMILES string of the molecule is CCCC(=O)OCC[N+](C)(C)OCc1ccccc1. The van der Waals surface area contributed by atoms with Crippen LogP contribution in [0.15, 0.2) is 30.3 Å². The van der Waals surface area contributed by atoms with Crippen molar-refractivity contribution in [2.45, 2.75) is 26.4 Å². The number of rotatable bonds is 8. The van der Waals surface area contributed by atoms with Crippen LogP contribution in [-0.2, 0) is 21.0 Å². The van der Waals surface area contributed by atoms with Gasteiger partial charge in [-0.15, -0.1) is 0 Å². The lowest BCUT2D eigenvalue weighted by Crippen LogP contribution is -2.42. The third kappa shape index (κ3) is 6.94. The number of esters is 1. The summed E-state index contributed by atoms with van der Waals surface area (Å²) in [7, 11) is 3.91. The molecule has 0 radical (unpaired) electrons. The van der Waals surface area contributed by atoms with Crippen LogP contribution in [0.4, 0.5) is 0 Å². The number of nitrogens with zero attached hydrogens (tertiary/aromatic N) is 1. The van der Waals surface area contributed by atoms with Gasteiger partial charge in [-0.05, 0) is 12.0 Å². The maximum Gasteiger partial charge on any atom is 0.305 e. The van der Waals surface area contributed by atoms with Crippen molar-refractivity contribution in [1.82, 2.24) is 0 Å². The van der Waals surface area contributed by atoms with Crippen LogP contribution in [0.5, 0.6) is 0 Å². The van der Waals surface area contributed by atoms with Crippen LogP contribution in [0.1, 0.15) is 25.3 Å². The summed E-state index contributed by atoms with van der Waals surface area (Å²) >= 11 is 0. The highest BCUT2D eigenvalue weighted by atomic mass is 16.7. The van der Waals surface area contributed by atoms with E-state index in [-0.39, 0.29) is 5.97 Å². The molecule has 0 saturated heterocycles. The fourth-order valence-corrected chi connectivity index (χ4v) is 1.54. The van der Waals surface area contributed by atoms with Crippen molar-refractivity contribution in [3.05, 3.63) is 35.9 Å². The van der Waals surface area contributed by atoms with Gasteiger partial charge >= 0.3 is 5.97 Å². The second kappa shape index (κ2) is 7.92. The van der Waals surface area contributed by atoms with E-state index in [1.165, 1.54) is 0 Å². The summed E-state index contributed by atoms with van der Waals surface area (Å²) in [6, 6.07) is 10.0. The molecule has 1 rings (SSSR count). The molecule has 0 aliphatic rings. The summed E-state index contributed by atoms with van der Waals surface area (Å²) in [6.45, 7) is 3.55. The fraction of sp³-hybridized carbons (Fsp3) is 0.533. The molecule has 0 N–H and O–H groups in total. The molecule has 0 atom stereocenters. The maximum atomic E-state index is 11.2. The van der Waals surface area contributed by atoms with Gasteiger partial charge < -0.3 is 4.74 Å². The predicted octanol–water partition coefficient (Wildman–Crippen LogP) is 2.54. The summed E-state index contributed by atoms with van der Waals surface area (Å²) in [5, 5.41) is 0. The molecule has 0 amide bonds. The minimum atomic E-state index is -0.134. The topological polar surface area (TPSA) is 35.5 Å². The Labute approximate surface area is 115 Å². The number of benzene rings is 1. The van der Waals surface area contributed by atoms with Crippen molar-refractivity contribution in [3.63, 3.8) is 0 Å². The number of quaternary nitrogens is 1. The lowest BCUT2D eigenvalue weighted by molar-refractivity contribution is -1.08. The van der Waals surface area contributed by atoms with Gasteiger partial charge in [0.1, 0.15) is 19.8 Å². The molecule has 106 valence electrons. The first kappa shape index (κ1) is 15.7. The number of carbonyl (C=O) groups is 1. The standard InChI is InChI=1S/C15H24NO3/c1-4-8-15(17)18-12-11-16(2,3)19-13-14-9-6-5-7-10-14/h5-7,9-10H,4,8,11-13H2,1-3H3/q+1. The maximum absolute atomic E-state index is 11.2. The first-order valence-electron chi connectivity index (χ1n) is 6.70. The molecule has 1 aromatic rings. The van der Waals surface area contributed by atoms with E-state index in [2.05, 4.69) is 0 Å². The van der Waals surface area contributed by atoms with E-state index in [1.54, 1.807) is 0 Å². The van der Waals surface area contributed by atoms with Gasteiger partial charge in [0.25, 0.3) is 0 Å². The van der Waals surface area contributed by atoms with Gasteiger partial charge in [-0.3, -0.25) is 4.79 Å². The molecule has 0 aliphatic carbocycles. The summed E-state index contributed by atoms with van der Waals surface area (Å²) in [4.78, 5) is 17.0. The summed E-state index contributed by atoms with van der Waals surface area (Å²) < 4.78 is 5.51. The lowest BCUT2D eigenvalue weighted by Gasteiger charge is -2.26. The largest absolute Gasteiger partial charge is 0.460 e. The Morgan fingerprint density at radius 1 is 1.21 bits per heavy atom. The molecular formula is C15H24NO3+. The van der Waals surface area contributed by atoms with Gasteiger partial charge in [-0.1, -0.05) is 37.3 Å². The number of ether oxygens (including phenoxy) is 1. The summed E-state index contributed by atoms with van der Waals surface area (Å²) in [5.74, 6) is -0.134. The summed E-state index contributed by atoms with van der Waals surface area (Å²) in [6.07, 6.45) is 1.31. The fourth-order valence-electron chi connectivity index (χ4n) is 1.54. The van der Waals surface area contributed by atoms with Crippen LogP contribution < -0.4 is 0 Å². The Balaban J connectivity index is 2.26. The lowest BCUT2D eigenvalue weighted by atomic mass is 10.2. The van der Waals surface area contributed by atoms with Crippen LogP contribution in [0.3, 0.4) is 0 Å². The van der Waals surface area contributed by atoms with E-state index < -0.39 is 0 Å². The Hall–Kier alpha value is -1.39. The average molecular weight is 266 g/mol. The van der Waals surface area contributed by atoms with E-state index in [0.717, 1.165) is 12.0 Å². The molecule has 0 aromatic heterocycles. The van der Waals surface area contributed by atoms with Gasteiger partial charge in [0, 0.05) is 6.42 Å². The van der Waals surface area contributed by atoms with Crippen molar-refractivity contribution in [3.8, 4) is 0 Å². The zero-order chi connectivity index (χ0) is 14.1. The minimum Gasteiger partial charge on any atom is -0.460 e. The van der Waals surface area contributed by atoms with E-state index in [0.29, 0.717) is 30.8 Å². The normalized spacial score (nSPS) is 11.3. The van der Waals surface area contributed by atoms with Crippen LogP contribution in [-0.4, -0.2) is 37.9 Å². The second-order valence-corrected chi connectivity index (χ2v) is 5.03. The van der Waals surface area contributed by atoms with Gasteiger partial charge in [0.2, 0.25) is 0 Å². The Kier molecular flexibility index (Phi) is 6.53. The molecule has 4 nitrogen and oxygen atoms in total. The first-order valence-corrected chi connectivity index (χ1v) is 6.70. The molecule has 0 fully saturated rings. The van der Waals surface area contributed by atoms with E-state index in [1.807, 2.05) is 51.4 Å². The minimum absolute atomic E-state index is 0.134. The third-order valence-electron chi connectivity index (χ3n) is 2.77. The van der Waals surface area contributed by atoms with Crippen molar-refractivity contribution in [2.24, 2.45) is 0 Å². The van der Waals surface area contributed by atoms with Crippen LogP contribution in [0.25, 0.3) is 0 Å². The summed E-state index contributed by atoms with van der Waals surface area (Å²) in [5.41, 5.74) is 1.14. The molecule has 0 saturated carbocycles. The average Bonchev–Trinajstić information content (AvgIpc) is 2.38. The monoisotopic (exact) mass is 266 g/mol. The van der Waals surface area contributed by atoms with Crippen molar-refractivity contribution in [1.29, 1.82) is 0 Å². The number of carbonyl (C=O) groups excluding carboxylic acids is 1. The molecule has 0 aliphatic heterocycles. The van der Waals surface area contributed by atoms with Gasteiger partial charge in [-0.2, -0.15) is 9.48 Å². The smallest absolute Gasteiger partial charge is 0.305 e. The molecule has 19 heavy (non-hydrogen) atoms. The van der Waals surface area contributed by atoms with Crippen LogP contribution in [0.2, 0.25) is 0 Å². The molecule has 0 heterocycles. The third-order valence-corrected chi connectivity index (χ3v) is 2.77. The van der Waals surface area contributed by atoms with E-state index in [4.69, 9.17) is 9.57 Å². The predicted molar refractivity (Wildman–Crippen MR) is 74.1 cm³/mol. The zero-order valence-corrected chi connectivity index (χ0v) is 12.1. The van der Waals surface area contributed by atoms with E-state index >= 15 is 0 Å². The van der Waals surface area contributed by atoms with Crippen molar-refractivity contribution < 1.29 is 19.0 Å². The van der Waals surface area contributed by atoms with Crippen molar-refractivity contribution in [2.75, 3.05) is 27.2 Å². The number of hydroxylamine groups is 3. The highest BCUT2D eigenvalue weighted by molar-refractivity contribution is 5.69.